The Morgan fingerprint density at radius 2 is 1.59 bits per heavy atom. The van der Waals surface area contributed by atoms with Gasteiger partial charge < -0.3 is 5.32 Å². The minimum absolute atomic E-state index is 0.654. The van der Waals surface area contributed by atoms with Crippen LogP contribution in [0.3, 0.4) is 0 Å². The van der Waals surface area contributed by atoms with E-state index in [4.69, 9.17) is 0 Å². The van der Waals surface area contributed by atoms with Gasteiger partial charge in [-0.3, -0.25) is 4.98 Å². The van der Waals surface area contributed by atoms with Crippen LogP contribution in [0, 0.1) is 6.92 Å². The monoisotopic (exact) mass is 424 g/mol. The second-order valence-electron chi connectivity index (χ2n) is 9.23. The van der Waals surface area contributed by atoms with E-state index in [0.717, 1.165) is 25.8 Å². The van der Waals surface area contributed by atoms with Crippen LogP contribution in [-0.2, 0) is 19.4 Å². The number of aromatic nitrogens is 1. The van der Waals surface area contributed by atoms with Gasteiger partial charge in [-0.05, 0) is 78.5 Å². The van der Waals surface area contributed by atoms with Crippen molar-refractivity contribution in [3.8, 4) is 0 Å². The first kappa shape index (κ1) is 22.5. The molecule has 1 aliphatic carbocycles. The molecule has 1 fully saturated rings. The zero-order valence-corrected chi connectivity index (χ0v) is 19.4. The minimum atomic E-state index is 0.654. The van der Waals surface area contributed by atoms with E-state index in [1.54, 1.807) is 0 Å². The maximum atomic E-state index is 4.66. The Labute approximate surface area is 193 Å². The molecule has 1 aliphatic rings. The first-order valence-corrected chi connectivity index (χ1v) is 12.2. The van der Waals surface area contributed by atoms with E-state index in [-0.39, 0.29) is 0 Å². The van der Waals surface area contributed by atoms with E-state index in [0.29, 0.717) is 6.04 Å². The van der Waals surface area contributed by atoms with Crippen molar-refractivity contribution in [2.24, 2.45) is 0 Å². The van der Waals surface area contributed by atoms with Crippen molar-refractivity contribution in [2.45, 2.75) is 70.9 Å². The molecule has 0 aliphatic heterocycles. The number of nitrogens with zero attached hydrogens (tertiary/aromatic N) is 1. The Hall–Kier alpha value is -2.71. The van der Waals surface area contributed by atoms with Gasteiger partial charge in [0.1, 0.15) is 0 Å². The summed E-state index contributed by atoms with van der Waals surface area (Å²) in [4.78, 5) is 4.66. The minimum Gasteiger partial charge on any atom is -0.308 e. The fourth-order valence-electron chi connectivity index (χ4n) is 4.77. The molecule has 32 heavy (non-hydrogen) atoms. The number of pyridine rings is 1. The number of hydrogen-bond donors (Lipinski definition) is 1. The summed E-state index contributed by atoms with van der Waals surface area (Å²) in [5.74, 6) is 0. The van der Waals surface area contributed by atoms with Gasteiger partial charge in [-0.25, -0.2) is 0 Å². The van der Waals surface area contributed by atoms with Crippen molar-refractivity contribution in [3.63, 3.8) is 0 Å². The highest BCUT2D eigenvalue weighted by Gasteiger charge is 2.14. The third-order valence-electron chi connectivity index (χ3n) is 6.84. The van der Waals surface area contributed by atoms with Crippen LogP contribution in [0.15, 0.2) is 73.4 Å². The number of nitrogens with one attached hydrogen (secondary N) is 1. The molecule has 0 unspecified atom stereocenters. The summed E-state index contributed by atoms with van der Waals surface area (Å²) < 4.78 is 0. The van der Waals surface area contributed by atoms with Gasteiger partial charge in [0.05, 0.1) is 5.69 Å². The summed E-state index contributed by atoms with van der Waals surface area (Å²) in [6, 6.07) is 22.5. The average molecular weight is 425 g/mol. The molecule has 0 bridgehead atoms. The fraction of sp³-hybridized carbons (Fsp3) is 0.367. The Morgan fingerprint density at radius 3 is 2.34 bits per heavy atom. The lowest BCUT2D eigenvalue weighted by molar-refractivity contribution is 0.370. The van der Waals surface area contributed by atoms with E-state index < -0.39 is 0 Å². The highest BCUT2D eigenvalue weighted by Crippen LogP contribution is 2.24. The molecular formula is C30H36N2. The molecule has 3 aromatic rings. The van der Waals surface area contributed by atoms with Crippen LogP contribution < -0.4 is 5.32 Å². The lowest BCUT2D eigenvalue weighted by atomic mass is 9.94. The van der Waals surface area contributed by atoms with Crippen LogP contribution in [0.4, 0.5) is 0 Å². The maximum absolute atomic E-state index is 4.66. The van der Waals surface area contributed by atoms with Crippen LogP contribution in [0.2, 0.25) is 0 Å². The summed E-state index contributed by atoms with van der Waals surface area (Å²) in [6.07, 6.45) is 11.6. The molecule has 166 valence electrons. The first-order valence-electron chi connectivity index (χ1n) is 12.2. The van der Waals surface area contributed by atoms with Gasteiger partial charge in [0.2, 0.25) is 0 Å². The average Bonchev–Trinajstić information content (AvgIpc) is 2.84. The summed E-state index contributed by atoms with van der Waals surface area (Å²) in [6.45, 7) is 7.48. The molecule has 1 aromatic heterocycles. The number of allylic oxidation sites excluding steroid dienone is 1. The molecule has 0 amide bonds. The molecule has 1 saturated carbocycles. The zero-order chi connectivity index (χ0) is 22.2. The molecule has 0 radical (unpaired) electrons. The molecule has 0 atom stereocenters. The molecule has 1 N–H and O–H groups in total. The second kappa shape index (κ2) is 11.2. The normalized spacial score (nSPS) is 14.4. The van der Waals surface area contributed by atoms with Crippen LogP contribution in [0.1, 0.15) is 72.0 Å². The SMILES string of the molecule is C=C(CCc1ccc(Cc2ccccc2)cc1)c1ccnc(CNC2CCCCC2)c1C. The molecule has 4 rings (SSSR count). The fourth-order valence-corrected chi connectivity index (χ4v) is 4.77. The van der Waals surface area contributed by atoms with Crippen LogP contribution in [-0.4, -0.2) is 11.0 Å². The van der Waals surface area contributed by atoms with Gasteiger partial charge in [-0.1, -0.05) is 80.4 Å². The molecule has 0 spiro atoms. The van der Waals surface area contributed by atoms with E-state index in [1.165, 1.54) is 71.2 Å². The summed E-state index contributed by atoms with van der Waals surface area (Å²) >= 11 is 0. The molecule has 0 saturated heterocycles. The van der Waals surface area contributed by atoms with E-state index in [9.17, 15) is 0 Å². The Bertz CT molecular complexity index is 999. The van der Waals surface area contributed by atoms with Crippen molar-refractivity contribution < 1.29 is 0 Å². The highest BCUT2D eigenvalue weighted by molar-refractivity contribution is 5.66. The molecular weight excluding hydrogens is 388 g/mol. The Morgan fingerprint density at radius 1 is 0.906 bits per heavy atom. The number of rotatable bonds is 9. The van der Waals surface area contributed by atoms with Crippen molar-refractivity contribution in [3.05, 3.63) is 107 Å². The number of benzene rings is 2. The zero-order valence-electron chi connectivity index (χ0n) is 19.4. The topological polar surface area (TPSA) is 24.9 Å². The van der Waals surface area contributed by atoms with Crippen LogP contribution >= 0.6 is 0 Å². The van der Waals surface area contributed by atoms with Gasteiger partial charge in [-0.15, -0.1) is 0 Å². The Balaban J connectivity index is 1.31. The van der Waals surface area contributed by atoms with Gasteiger partial charge in [0.15, 0.2) is 0 Å². The van der Waals surface area contributed by atoms with Crippen molar-refractivity contribution in [1.82, 2.24) is 10.3 Å². The molecule has 2 aromatic carbocycles. The van der Waals surface area contributed by atoms with Gasteiger partial charge >= 0.3 is 0 Å². The van der Waals surface area contributed by atoms with Crippen LogP contribution in [0.5, 0.6) is 0 Å². The van der Waals surface area contributed by atoms with Crippen molar-refractivity contribution in [2.75, 3.05) is 0 Å². The first-order chi connectivity index (χ1) is 15.7. The van der Waals surface area contributed by atoms with Gasteiger partial charge in [0.25, 0.3) is 0 Å². The van der Waals surface area contributed by atoms with Crippen LogP contribution in [0.25, 0.3) is 5.57 Å². The summed E-state index contributed by atoms with van der Waals surface area (Å²) in [7, 11) is 0. The third kappa shape index (κ3) is 6.17. The van der Waals surface area contributed by atoms with E-state index in [1.807, 2.05) is 6.20 Å². The van der Waals surface area contributed by atoms with Crippen molar-refractivity contribution >= 4 is 5.57 Å². The Kier molecular flexibility index (Phi) is 7.90. The third-order valence-corrected chi connectivity index (χ3v) is 6.84. The lowest BCUT2D eigenvalue weighted by Gasteiger charge is -2.23. The van der Waals surface area contributed by atoms with Gasteiger partial charge in [0, 0.05) is 18.8 Å². The molecule has 2 heteroatoms. The highest BCUT2D eigenvalue weighted by atomic mass is 14.9. The summed E-state index contributed by atoms with van der Waals surface area (Å²) in [5.41, 5.74) is 9.00. The smallest absolute Gasteiger partial charge is 0.0576 e. The standard InChI is InChI=1S/C30H36N2/c1-23(13-14-25-15-17-27(18-16-25)21-26-9-5-3-6-10-26)29-19-20-31-30(24(29)2)22-32-28-11-7-4-8-12-28/h3,5-6,9-10,15-20,28,32H,1,4,7-8,11-14,21-22H2,2H3. The van der Waals surface area contributed by atoms with E-state index in [2.05, 4.69) is 84.5 Å². The quantitative estimate of drug-likeness (QED) is 0.398. The lowest BCUT2D eigenvalue weighted by Crippen LogP contribution is -2.31. The molecule has 2 nitrogen and oxygen atoms in total. The second-order valence-corrected chi connectivity index (χ2v) is 9.23. The van der Waals surface area contributed by atoms with E-state index >= 15 is 0 Å². The number of aryl methyl sites for hydroxylation is 1. The molecule has 1 heterocycles. The predicted molar refractivity (Wildman–Crippen MR) is 136 cm³/mol. The number of hydrogen-bond acceptors (Lipinski definition) is 2. The summed E-state index contributed by atoms with van der Waals surface area (Å²) in [5, 5.41) is 3.73. The van der Waals surface area contributed by atoms with Gasteiger partial charge in [-0.2, -0.15) is 0 Å². The predicted octanol–water partition coefficient (Wildman–Crippen LogP) is 7.05. The van der Waals surface area contributed by atoms with Crippen molar-refractivity contribution in [1.29, 1.82) is 0 Å². The maximum Gasteiger partial charge on any atom is 0.0576 e. The largest absolute Gasteiger partial charge is 0.308 e.